The SMILES string of the molecule is CCOCOc1c(I)cccc1C[C@@H](O)[C@H](O)Cc1cccc(I)c1OCOCC. The number of halogens is 2. The zero-order valence-corrected chi connectivity index (χ0v) is 21.5. The summed E-state index contributed by atoms with van der Waals surface area (Å²) in [6.07, 6.45) is -1.40. The molecule has 2 N–H and O–H groups in total. The highest BCUT2D eigenvalue weighted by molar-refractivity contribution is 14.1. The van der Waals surface area contributed by atoms with Crippen LogP contribution < -0.4 is 9.47 Å². The van der Waals surface area contributed by atoms with Crippen molar-refractivity contribution in [2.45, 2.75) is 38.9 Å². The standard InChI is InChI=1S/C22H28I2O6/c1-3-27-13-29-21-15(7-5-9-17(21)23)11-19(25)20(26)12-16-8-6-10-18(24)22(16)30-14-28-4-2/h5-10,19-20,25-26H,3-4,11-14H2,1-2H3/t19-,20-/m1/s1. The highest BCUT2D eigenvalue weighted by atomic mass is 127. The van der Waals surface area contributed by atoms with Gasteiger partial charge in [0.25, 0.3) is 0 Å². The Morgan fingerprint density at radius 2 is 1.13 bits per heavy atom. The Hall–Kier alpha value is -0.660. The minimum atomic E-state index is -0.963. The molecule has 6 nitrogen and oxygen atoms in total. The van der Waals surface area contributed by atoms with Crippen LogP contribution in [0.4, 0.5) is 0 Å². The van der Waals surface area contributed by atoms with E-state index in [1.807, 2.05) is 50.2 Å². The van der Waals surface area contributed by atoms with E-state index in [9.17, 15) is 10.2 Å². The number of ether oxygens (including phenoxy) is 4. The smallest absolute Gasteiger partial charge is 0.189 e. The monoisotopic (exact) mass is 642 g/mol. The molecule has 8 heteroatoms. The van der Waals surface area contributed by atoms with Crippen LogP contribution >= 0.6 is 45.2 Å². The molecule has 2 atom stereocenters. The summed E-state index contributed by atoms with van der Waals surface area (Å²) >= 11 is 4.38. The molecular formula is C22H28I2O6. The zero-order valence-electron chi connectivity index (χ0n) is 17.1. The molecule has 0 aliphatic rings. The first-order valence-corrected chi connectivity index (χ1v) is 12.0. The van der Waals surface area contributed by atoms with Crippen LogP contribution in [0.15, 0.2) is 36.4 Å². The molecule has 0 bridgehead atoms. The van der Waals surface area contributed by atoms with Gasteiger partial charge in [-0.15, -0.1) is 0 Å². The number of aliphatic hydroxyl groups excluding tert-OH is 2. The minimum absolute atomic E-state index is 0.144. The first-order valence-electron chi connectivity index (χ1n) is 9.79. The first kappa shape index (κ1) is 25.6. The van der Waals surface area contributed by atoms with Gasteiger partial charge in [0.15, 0.2) is 13.6 Å². The molecule has 0 saturated carbocycles. The fraction of sp³-hybridized carbons (Fsp3) is 0.455. The van der Waals surface area contributed by atoms with Crippen molar-refractivity contribution in [2.24, 2.45) is 0 Å². The molecule has 166 valence electrons. The molecule has 0 aromatic heterocycles. The zero-order chi connectivity index (χ0) is 21.9. The molecule has 0 unspecified atom stereocenters. The second-order valence-electron chi connectivity index (χ2n) is 6.51. The van der Waals surface area contributed by atoms with E-state index in [0.29, 0.717) is 24.7 Å². The van der Waals surface area contributed by atoms with Crippen molar-refractivity contribution in [1.82, 2.24) is 0 Å². The maximum Gasteiger partial charge on any atom is 0.189 e. The quantitative estimate of drug-likeness (QED) is 0.195. The summed E-state index contributed by atoms with van der Waals surface area (Å²) in [7, 11) is 0. The predicted octanol–water partition coefficient (Wildman–Crippen LogP) is 4.15. The highest BCUT2D eigenvalue weighted by Gasteiger charge is 2.22. The summed E-state index contributed by atoms with van der Waals surface area (Å²) in [6.45, 7) is 5.21. The van der Waals surface area contributed by atoms with Crippen molar-refractivity contribution in [3.8, 4) is 11.5 Å². The fourth-order valence-electron chi connectivity index (χ4n) is 2.84. The Morgan fingerprint density at radius 1 is 0.733 bits per heavy atom. The van der Waals surface area contributed by atoms with E-state index < -0.39 is 12.2 Å². The van der Waals surface area contributed by atoms with Crippen LogP contribution in [0.5, 0.6) is 11.5 Å². The van der Waals surface area contributed by atoms with Gasteiger partial charge in [-0.2, -0.15) is 0 Å². The minimum Gasteiger partial charge on any atom is -0.466 e. The lowest BCUT2D eigenvalue weighted by atomic mass is 9.97. The average Bonchev–Trinajstić information content (AvgIpc) is 2.72. The van der Waals surface area contributed by atoms with Crippen molar-refractivity contribution < 1.29 is 29.2 Å². The topological polar surface area (TPSA) is 77.4 Å². The van der Waals surface area contributed by atoms with Crippen molar-refractivity contribution in [3.63, 3.8) is 0 Å². The Labute approximate surface area is 205 Å². The van der Waals surface area contributed by atoms with Crippen LogP contribution in [-0.2, 0) is 22.3 Å². The number of hydrogen-bond acceptors (Lipinski definition) is 6. The van der Waals surface area contributed by atoms with Crippen molar-refractivity contribution >= 4 is 45.2 Å². The highest BCUT2D eigenvalue weighted by Crippen LogP contribution is 2.30. The fourth-order valence-corrected chi connectivity index (χ4v) is 4.26. The second-order valence-corrected chi connectivity index (χ2v) is 8.83. The molecule has 0 aliphatic heterocycles. The van der Waals surface area contributed by atoms with Crippen LogP contribution in [0.3, 0.4) is 0 Å². The molecule has 2 aromatic carbocycles. The summed E-state index contributed by atoms with van der Waals surface area (Å²) in [5, 5.41) is 21.4. The number of para-hydroxylation sites is 2. The maximum atomic E-state index is 10.7. The lowest BCUT2D eigenvalue weighted by Crippen LogP contribution is -2.30. The van der Waals surface area contributed by atoms with Gasteiger partial charge in [0.05, 0.1) is 19.3 Å². The molecule has 0 saturated heterocycles. The third kappa shape index (κ3) is 7.79. The molecule has 0 radical (unpaired) electrons. The molecular weight excluding hydrogens is 614 g/mol. The molecule has 30 heavy (non-hydrogen) atoms. The summed E-state index contributed by atoms with van der Waals surface area (Å²) < 4.78 is 23.9. The van der Waals surface area contributed by atoms with E-state index in [1.54, 1.807) is 0 Å². The van der Waals surface area contributed by atoms with E-state index in [0.717, 1.165) is 18.3 Å². The summed E-state index contributed by atoms with van der Waals surface area (Å²) in [4.78, 5) is 0. The molecule has 0 amide bonds. The van der Waals surface area contributed by atoms with E-state index in [4.69, 9.17) is 18.9 Å². The number of rotatable bonds is 13. The lowest BCUT2D eigenvalue weighted by Gasteiger charge is -2.21. The molecule has 2 aromatic rings. The van der Waals surface area contributed by atoms with E-state index in [1.165, 1.54) is 0 Å². The van der Waals surface area contributed by atoms with Crippen molar-refractivity contribution in [2.75, 3.05) is 26.8 Å². The molecule has 0 spiro atoms. The number of hydrogen-bond donors (Lipinski definition) is 2. The molecule has 2 rings (SSSR count). The van der Waals surface area contributed by atoms with Gasteiger partial charge in [-0.05, 0) is 82.3 Å². The van der Waals surface area contributed by atoms with Gasteiger partial charge < -0.3 is 29.2 Å². The van der Waals surface area contributed by atoms with Crippen LogP contribution in [-0.4, -0.2) is 49.2 Å². The van der Waals surface area contributed by atoms with Crippen molar-refractivity contribution in [3.05, 3.63) is 54.7 Å². The van der Waals surface area contributed by atoms with E-state index >= 15 is 0 Å². The maximum absolute atomic E-state index is 10.7. The second kappa shape index (κ2) is 13.7. The number of benzene rings is 2. The van der Waals surface area contributed by atoms with Gasteiger partial charge in [0.1, 0.15) is 11.5 Å². The van der Waals surface area contributed by atoms with E-state index in [2.05, 4.69) is 45.2 Å². The normalized spacial score (nSPS) is 13.1. The van der Waals surface area contributed by atoms with Crippen LogP contribution in [0.2, 0.25) is 0 Å². The largest absolute Gasteiger partial charge is 0.466 e. The first-order chi connectivity index (χ1) is 14.5. The summed E-state index contributed by atoms with van der Waals surface area (Å²) in [5.74, 6) is 1.35. The summed E-state index contributed by atoms with van der Waals surface area (Å²) in [5.41, 5.74) is 1.65. The van der Waals surface area contributed by atoms with Gasteiger partial charge in [-0.1, -0.05) is 24.3 Å². The molecule has 0 heterocycles. The van der Waals surface area contributed by atoms with Gasteiger partial charge in [-0.25, -0.2) is 0 Å². The average molecular weight is 642 g/mol. The van der Waals surface area contributed by atoms with Crippen molar-refractivity contribution in [1.29, 1.82) is 0 Å². The Morgan fingerprint density at radius 3 is 1.50 bits per heavy atom. The van der Waals surface area contributed by atoms with Crippen LogP contribution in [0.25, 0.3) is 0 Å². The third-order valence-electron chi connectivity index (χ3n) is 4.38. The van der Waals surface area contributed by atoms with Crippen LogP contribution in [0.1, 0.15) is 25.0 Å². The Bertz CT molecular complexity index is 721. The van der Waals surface area contributed by atoms with Gasteiger partial charge in [0.2, 0.25) is 0 Å². The predicted molar refractivity (Wildman–Crippen MR) is 132 cm³/mol. The number of aliphatic hydroxyl groups is 2. The van der Waals surface area contributed by atoms with E-state index in [-0.39, 0.29) is 26.4 Å². The molecule has 0 fully saturated rings. The Kier molecular flexibility index (Phi) is 11.7. The van der Waals surface area contributed by atoms with Gasteiger partial charge in [0, 0.05) is 26.1 Å². The van der Waals surface area contributed by atoms with Gasteiger partial charge >= 0.3 is 0 Å². The molecule has 0 aliphatic carbocycles. The van der Waals surface area contributed by atoms with Crippen LogP contribution in [0, 0.1) is 7.14 Å². The lowest BCUT2D eigenvalue weighted by molar-refractivity contribution is 0.0108. The summed E-state index contributed by atoms with van der Waals surface area (Å²) in [6, 6.07) is 11.5. The Balaban J connectivity index is 2.08. The van der Waals surface area contributed by atoms with Gasteiger partial charge in [-0.3, -0.25) is 0 Å². The third-order valence-corrected chi connectivity index (χ3v) is 6.08.